The predicted octanol–water partition coefficient (Wildman–Crippen LogP) is 5.79. The highest BCUT2D eigenvalue weighted by atomic mass is 19.2. The summed E-state index contributed by atoms with van der Waals surface area (Å²) in [6, 6.07) is 2.40. The molecule has 31 heavy (non-hydrogen) atoms. The zero-order valence-corrected chi connectivity index (χ0v) is 19.4. The lowest BCUT2D eigenvalue weighted by Crippen LogP contribution is -2.54. The fraction of sp³-hybridized carbons (Fsp3) is 0.583. The van der Waals surface area contributed by atoms with Gasteiger partial charge in [0.15, 0.2) is 11.6 Å². The molecule has 1 atom stereocenters. The molecule has 0 N–H and O–H groups in total. The molecule has 0 aliphatic carbocycles. The van der Waals surface area contributed by atoms with Crippen molar-refractivity contribution in [2.24, 2.45) is 11.8 Å². The van der Waals surface area contributed by atoms with E-state index < -0.39 is 23.8 Å². The summed E-state index contributed by atoms with van der Waals surface area (Å²) in [6.07, 6.45) is 0. The minimum absolute atomic E-state index is 0.0471. The average Bonchev–Trinajstić information content (AvgIpc) is 3.10. The molecule has 2 aromatic rings. The standard InChI is InChI=1S/C24H32F3N3O/c1-13(2)15(5)22(31)30-9-8-29-21(14(3)4)20(28-23(29)24(30,6)7)16-10-17(12-25)19(27)18(26)11-16/h10-11,13-15H,8-9,12H2,1-7H3. The molecule has 4 nitrogen and oxygen atoms in total. The molecule has 3 rings (SSSR count). The van der Waals surface area contributed by atoms with Crippen molar-refractivity contribution in [1.82, 2.24) is 14.5 Å². The first-order valence-electron chi connectivity index (χ1n) is 10.9. The van der Waals surface area contributed by atoms with Gasteiger partial charge < -0.3 is 9.47 Å². The Kier molecular flexibility index (Phi) is 6.27. The molecular formula is C24H32F3N3O. The Hall–Kier alpha value is -2.31. The maximum absolute atomic E-state index is 14.2. The van der Waals surface area contributed by atoms with Gasteiger partial charge in [-0.1, -0.05) is 34.6 Å². The number of carbonyl (C=O) groups is 1. The summed E-state index contributed by atoms with van der Waals surface area (Å²) in [5.41, 5.74) is 0.738. The second-order valence-corrected chi connectivity index (χ2v) is 9.62. The van der Waals surface area contributed by atoms with E-state index in [4.69, 9.17) is 4.98 Å². The van der Waals surface area contributed by atoms with Crippen LogP contribution in [0.25, 0.3) is 11.3 Å². The van der Waals surface area contributed by atoms with E-state index in [-0.39, 0.29) is 29.2 Å². The van der Waals surface area contributed by atoms with E-state index in [9.17, 15) is 18.0 Å². The lowest BCUT2D eigenvalue weighted by molar-refractivity contribution is -0.144. The number of benzene rings is 1. The highest BCUT2D eigenvalue weighted by Gasteiger charge is 2.43. The van der Waals surface area contributed by atoms with Crippen molar-refractivity contribution in [3.05, 3.63) is 40.8 Å². The Bertz CT molecular complexity index is 994. The molecule has 1 unspecified atom stereocenters. The van der Waals surface area contributed by atoms with Gasteiger partial charge in [0.1, 0.15) is 12.5 Å². The molecule has 0 bridgehead atoms. The van der Waals surface area contributed by atoms with Crippen molar-refractivity contribution in [2.75, 3.05) is 6.54 Å². The molecule has 0 saturated carbocycles. The third kappa shape index (κ3) is 3.87. The lowest BCUT2D eigenvalue weighted by Gasteiger charge is -2.44. The monoisotopic (exact) mass is 435 g/mol. The van der Waals surface area contributed by atoms with Gasteiger partial charge in [0.2, 0.25) is 5.91 Å². The van der Waals surface area contributed by atoms with Crippen LogP contribution in [0.3, 0.4) is 0 Å². The predicted molar refractivity (Wildman–Crippen MR) is 115 cm³/mol. The van der Waals surface area contributed by atoms with Crippen LogP contribution in [0.4, 0.5) is 13.2 Å². The minimum Gasteiger partial charge on any atom is -0.328 e. The largest absolute Gasteiger partial charge is 0.328 e. The first-order chi connectivity index (χ1) is 14.4. The van der Waals surface area contributed by atoms with Crippen LogP contribution < -0.4 is 0 Å². The van der Waals surface area contributed by atoms with Gasteiger partial charge in [0, 0.05) is 35.8 Å². The summed E-state index contributed by atoms with van der Waals surface area (Å²) in [5.74, 6) is -1.33. The van der Waals surface area contributed by atoms with Crippen LogP contribution in [0.15, 0.2) is 12.1 Å². The maximum atomic E-state index is 14.2. The molecule has 1 aliphatic heterocycles. The van der Waals surface area contributed by atoms with E-state index in [2.05, 4.69) is 4.57 Å². The lowest BCUT2D eigenvalue weighted by atomic mass is 9.91. The number of hydrogen-bond donors (Lipinski definition) is 0. The summed E-state index contributed by atoms with van der Waals surface area (Å²) < 4.78 is 43.4. The minimum atomic E-state index is -1.17. The van der Waals surface area contributed by atoms with Gasteiger partial charge in [-0.15, -0.1) is 0 Å². The van der Waals surface area contributed by atoms with Crippen LogP contribution in [0, 0.1) is 23.5 Å². The molecule has 0 radical (unpaired) electrons. The molecule has 0 fully saturated rings. The van der Waals surface area contributed by atoms with Crippen LogP contribution in [-0.2, 0) is 23.6 Å². The summed E-state index contributed by atoms with van der Waals surface area (Å²) in [7, 11) is 0. The van der Waals surface area contributed by atoms with Crippen molar-refractivity contribution in [1.29, 1.82) is 0 Å². The number of rotatable bonds is 5. The first kappa shape index (κ1) is 23.4. The van der Waals surface area contributed by atoms with Crippen LogP contribution in [-0.4, -0.2) is 26.9 Å². The molecule has 1 aromatic heterocycles. The Morgan fingerprint density at radius 2 is 1.77 bits per heavy atom. The summed E-state index contributed by atoms with van der Waals surface area (Å²) >= 11 is 0. The van der Waals surface area contributed by atoms with Crippen LogP contribution in [0.1, 0.15) is 71.5 Å². The number of halogens is 3. The SMILES string of the molecule is CC(C)c1c(-c2cc(F)c(F)c(CF)c2)nc2n1CCN(C(=O)C(C)C(C)C)C2(C)C. The molecule has 0 spiro atoms. The molecule has 7 heteroatoms. The number of carbonyl (C=O) groups excluding carboxylic acids is 1. The first-order valence-corrected chi connectivity index (χ1v) is 10.9. The topological polar surface area (TPSA) is 38.1 Å². The number of hydrogen-bond acceptors (Lipinski definition) is 2. The summed E-state index contributed by atoms with van der Waals surface area (Å²) in [5, 5.41) is 0. The summed E-state index contributed by atoms with van der Waals surface area (Å²) in [6.45, 7) is 13.9. The number of nitrogens with zero attached hydrogens (tertiary/aromatic N) is 3. The van der Waals surface area contributed by atoms with E-state index in [0.717, 1.165) is 11.8 Å². The van der Waals surface area contributed by atoms with E-state index in [1.165, 1.54) is 6.07 Å². The van der Waals surface area contributed by atoms with Gasteiger partial charge in [-0.2, -0.15) is 0 Å². The van der Waals surface area contributed by atoms with E-state index in [1.807, 2.05) is 53.4 Å². The van der Waals surface area contributed by atoms with Gasteiger partial charge >= 0.3 is 0 Å². The van der Waals surface area contributed by atoms with Crippen molar-refractivity contribution >= 4 is 5.91 Å². The van der Waals surface area contributed by atoms with Gasteiger partial charge in [0.05, 0.1) is 11.2 Å². The van der Waals surface area contributed by atoms with E-state index >= 15 is 0 Å². The number of imidazole rings is 1. The molecule has 0 saturated heterocycles. The smallest absolute Gasteiger partial charge is 0.226 e. The number of fused-ring (bicyclic) bond motifs is 1. The Labute approximate surface area is 182 Å². The second-order valence-electron chi connectivity index (χ2n) is 9.62. The Morgan fingerprint density at radius 3 is 2.32 bits per heavy atom. The molecular weight excluding hydrogens is 403 g/mol. The highest BCUT2D eigenvalue weighted by Crippen LogP contribution is 2.40. The molecule has 170 valence electrons. The number of amides is 1. The van der Waals surface area contributed by atoms with Crippen molar-refractivity contribution < 1.29 is 18.0 Å². The zero-order chi connectivity index (χ0) is 23.2. The van der Waals surface area contributed by atoms with Gasteiger partial charge in [0.25, 0.3) is 0 Å². The Balaban J connectivity index is 2.17. The van der Waals surface area contributed by atoms with E-state index in [1.54, 1.807) is 0 Å². The van der Waals surface area contributed by atoms with E-state index in [0.29, 0.717) is 30.2 Å². The second kappa shape index (κ2) is 8.32. The van der Waals surface area contributed by atoms with Gasteiger partial charge in [-0.3, -0.25) is 4.79 Å². The fourth-order valence-corrected chi connectivity index (χ4v) is 4.35. The van der Waals surface area contributed by atoms with Gasteiger partial charge in [-0.05, 0) is 37.8 Å². The highest BCUT2D eigenvalue weighted by molar-refractivity contribution is 5.80. The Morgan fingerprint density at radius 1 is 1.13 bits per heavy atom. The van der Waals surface area contributed by atoms with Crippen LogP contribution >= 0.6 is 0 Å². The van der Waals surface area contributed by atoms with Crippen LogP contribution in [0.5, 0.6) is 0 Å². The third-order valence-corrected chi connectivity index (χ3v) is 6.50. The maximum Gasteiger partial charge on any atom is 0.226 e. The van der Waals surface area contributed by atoms with Gasteiger partial charge in [-0.25, -0.2) is 18.2 Å². The zero-order valence-electron chi connectivity index (χ0n) is 19.4. The number of alkyl halides is 1. The average molecular weight is 436 g/mol. The summed E-state index contributed by atoms with van der Waals surface area (Å²) in [4.78, 5) is 19.9. The van der Waals surface area contributed by atoms with Crippen molar-refractivity contribution in [2.45, 2.75) is 73.1 Å². The molecule has 2 heterocycles. The molecule has 1 aliphatic rings. The van der Waals surface area contributed by atoms with Crippen molar-refractivity contribution in [3.63, 3.8) is 0 Å². The quantitative estimate of drug-likeness (QED) is 0.596. The van der Waals surface area contributed by atoms with Crippen molar-refractivity contribution in [3.8, 4) is 11.3 Å². The fourth-order valence-electron chi connectivity index (χ4n) is 4.35. The molecule has 1 aromatic carbocycles. The number of aromatic nitrogens is 2. The normalized spacial score (nSPS) is 16.7. The third-order valence-electron chi connectivity index (χ3n) is 6.50. The molecule has 1 amide bonds. The van der Waals surface area contributed by atoms with Crippen LogP contribution in [0.2, 0.25) is 0 Å².